The van der Waals surface area contributed by atoms with E-state index in [0.29, 0.717) is 58.7 Å². The second kappa shape index (κ2) is 24.1. The number of carbonyl (C=O) groups is 6. The highest BCUT2D eigenvalue weighted by Gasteiger charge is 2.79. The number of esters is 4. The number of rotatable bonds is 22. The molecule has 1 saturated heterocycles. The van der Waals surface area contributed by atoms with Crippen molar-refractivity contribution in [2.75, 3.05) is 13.2 Å². The highest BCUT2D eigenvalue weighted by molar-refractivity contribution is 6.74. The highest BCUT2D eigenvalue weighted by atomic mass is 28.4. The Morgan fingerprint density at radius 2 is 1.32 bits per heavy atom. The maximum atomic E-state index is 16.6. The first-order valence-corrected chi connectivity index (χ1v) is 32.9. The van der Waals surface area contributed by atoms with Crippen molar-refractivity contribution < 1.29 is 71.1 Å². The third-order valence-electron chi connectivity index (χ3n) is 18.2. The van der Waals surface area contributed by atoms with Crippen LogP contribution in [0.25, 0.3) is 0 Å². The Bertz CT molecular complexity index is 2660. The standard InChI is InChI=1S/C60H81NO15Si2/c1-13-77(14-2,15-3)75-45-34-46-59(37-70-46,74-40(9)63)52-54(73-47(64)36-69-43-32-26-21-27-33-43)60(68)35-44(38(7)48(57(60,10)11)50(71-39(8)62)53(65)58(45,52)12)72-56(67)51(76-78(16-4,17-5)18-6)49(41-28-22-19-23-29-41)61-55(66)42-30-24-20-25-31-42/h19-33,44-46,49-52,54,68H,13-18,34-37H2,1-12H3,(H,61,66)/t44-,45-,46+,49-,50+,51+,52-,54-,58+,59-,60+/m0/s1. The fourth-order valence-corrected chi connectivity index (χ4v) is 18.8. The summed E-state index contributed by atoms with van der Waals surface area (Å²) in [5.74, 6) is -5.51. The number of Topliss-reactive ketones (excluding diaryl/α,β-unsaturated/α-hetero) is 1. The number of hydrogen-bond donors (Lipinski definition) is 2. The summed E-state index contributed by atoms with van der Waals surface area (Å²) in [6, 6.07) is 29.1. The van der Waals surface area contributed by atoms with Crippen molar-refractivity contribution in [3.63, 3.8) is 0 Å². The molecule has 2 saturated carbocycles. The Balaban J connectivity index is 1.47. The molecule has 1 aliphatic heterocycles. The van der Waals surface area contributed by atoms with Gasteiger partial charge in [-0.25, -0.2) is 9.59 Å². The molecule has 3 aromatic carbocycles. The Morgan fingerprint density at radius 3 is 1.85 bits per heavy atom. The molecule has 0 spiro atoms. The molecule has 3 fully saturated rings. The van der Waals surface area contributed by atoms with E-state index < -0.39 is 136 Å². The van der Waals surface area contributed by atoms with E-state index in [4.69, 9.17) is 37.3 Å². The number of ketones is 1. The average molecular weight is 1110 g/mol. The minimum atomic E-state index is -2.77. The van der Waals surface area contributed by atoms with Crippen LogP contribution in [0.2, 0.25) is 36.3 Å². The van der Waals surface area contributed by atoms with Crippen molar-refractivity contribution in [3.8, 4) is 5.75 Å². The summed E-state index contributed by atoms with van der Waals surface area (Å²) in [6.07, 6.45) is -8.62. The van der Waals surface area contributed by atoms with E-state index in [-0.39, 0.29) is 18.6 Å². The third kappa shape index (κ3) is 11.2. The quantitative estimate of drug-likeness (QED) is 0.0416. The molecule has 2 N–H and O–H groups in total. The molecule has 11 atom stereocenters. The van der Waals surface area contributed by atoms with Crippen LogP contribution in [0.5, 0.6) is 5.75 Å². The molecule has 1 amide bonds. The van der Waals surface area contributed by atoms with E-state index in [1.165, 1.54) is 13.8 Å². The van der Waals surface area contributed by atoms with Gasteiger partial charge in [-0.2, -0.15) is 0 Å². The molecule has 0 unspecified atom stereocenters. The fourth-order valence-electron chi connectivity index (χ4n) is 13.1. The summed E-state index contributed by atoms with van der Waals surface area (Å²) in [7, 11) is -5.43. The van der Waals surface area contributed by atoms with Gasteiger partial charge in [0, 0.05) is 37.7 Å². The molecule has 7 rings (SSSR count). The Labute approximate surface area is 461 Å². The molecule has 78 heavy (non-hydrogen) atoms. The number of carbonyl (C=O) groups excluding carboxylic acids is 6. The van der Waals surface area contributed by atoms with Gasteiger partial charge in [0.15, 0.2) is 46.8 Å². The normalized spacial score (nSPS) is 28.2. The smallest absolute Gasteiger partial charge is 0.344 e. The van der Waals surface area contributed by atoms with Crippen LogP contribution in [0, 0.1) is 16.7 Å². The third-order valence-corrected chi connectivity index (χ3v) is 27.4. The number of fused-ring (bicyclic) bond motifs is 5. The lowest BCUT2D eigenvalue weighted by molar-refractivity contribution is -0.346. The van der Waals surface area contributed by atoms with Gasteiger partial charge >= 0.3 is 23.9 Å². The zero-order valence-corrected chi connectivity index (χ0v) is 49.5. The maximum absolute atomic E-state index is 16.6. The van der Waals surface area contributed by atoms with Crippen LogP contribution in [0.1, 0.15) is 118 Å². The molecule has 3 aliphatic carbocycles. The van der Waals surface area contributed by atoms with Gasteiger partial charge in [-0.15, -0.1) is 0 Å². The molecule has 4 aliphatic rings. The predicted molar refractivity (Wildman–Crippen MR) is 296 cm³/mol. The fraction of sp³-hybridized carbons (Fsp3) is 0.567. The number of para-hydroxylation sites is 1. The van der Waals surface area contributed by atoms with E-state index >= 15 is 9.59 Å². The summed E-state index contributed by atoms with van der Waals surface area (Å²) in [4.78, 5) is 88.6. The molecule has 18 heteroatoms. The number of benzene rings is 3. The Kier molecular flexibility index (Phi) is 18.6. The summed E-state index contributed by atoms with van der Waals surface area (Å²) in [5, 5.41) is 17.5. The zero-order chi connectivity index (χ0) is 57.0. The number of ether oxygens (including phenoxy) is 6. The second-order valence-corrected chi connectivity index (χ2v) is 31.8. The van der Waals surface area contributed by atoms with Crippen LogP contribution in [0.3, 0.4) is 0 Å². The SMILES string of the molecule is CC[Si](CC)(CC)O[C@H]1C[C@H]2OC[C@@]2(OC(C)=O)[C@H]2[C@H](OC(=O)COc3ccccc3)[C@]3(O)C[C@H](OC(=O)[C@H](O[Si](CC)(CC)CC)[C@@H](NC(=O)c4ccccc4)c4ccccc4)C(C)=C([C@@H](OC(C)=O)C(=O)[C@]12C)C3(C)C. The van der Waals surface area contributed by atoms with E-state index in [1.807, 2.05) is 26.8 Å². The minimum absolute atomic E-state index is 0.0777. The number of nitrogens with one attached hydrogen (secondary N) is 1. The van der Waals surface area contributed by atoms with Crippen LogP contribution >= 0.6 is 0 Å². The summed E-state index contributed by atoms with van der Waals surface area (Å²) < 4.78 is 53.0. The molecule has 3 aromatic rings. The van der Waals surface area contributed by atoms with Crippen molar-refractivity contribution in [1.29, 1.82) is 0 Å². The van der Waals surface area contributed by atoms with Gasteiger partial charge in [0.1, 0.15) is 29.7 Å². The largest absolute Gasteiger partial charge is 0.482 e. The number of hydrogen-bond acceptors (Lipinski definition) is 15. The predicted octanol–water partition coefficient (Wildman–Crippen LogP) is 9.56. The van der Waals surface area contributed by atoms with Crippen LogP contribution in [-0.2, 0) is 56.5 Å². The highest BCUT2D eigenvalue weighted by Crippen LogP contribution is 2.65. The molecule has 1 heterocycles. The zero-order valence-electron chi connectivity index (χ0n) is 47.5. The second-order valence-electron chi connectivity index (χ2n) is 22.3. The van der Waals surface area contributed by atoms with E-state index in [1.54, 1.807) is 113 Å². The van der Waals surface area contributed by atoms with Crippen LogP contribution in [-0.4, -0.2) is 118 Å². The van der Waals surface area contributed by atoms with Crippen molar-refractivity contribution in [2.45, 2.75) is 186 Å². The van der Waals surface area contributed by atoms with Gasteiger partial charge in [0.25, 0.3) is 5.91 Å². The lowest BCUT2D eigenvalue weighted by Crippen LogP contribution is -2.82. The van der Waals surface area contributed by atoms with E-state index in [2.05, 4.69) is 26.1 Å². The Morgan fingerprint density at radius 1 is 0.756 bits per heavy atom. The van der Waals surface area contributed by atoms with Crippen LogP contribution in [0.15, 0.2) is 102 Å². The summed E-state index contributed by atoms with van der Waals surface area (Å²) >= 11 is 0. The van der Waals surface area contributed by atoms with Crippen LogP contribution < -0.4 is 10.1 Å². The first-order chi connectivity index (χ1) is 37.0. The van der Waals surface area contributed by atoms with Gasteiger partial charge in [-0.1, -0.05) is 122 Å². The van der Waals surface area contributed by atoms with Gasteiger partial charge in [-0.05, 0) is 91.1 Å². The van der Waals surface area contributed by atoms with Gasteiger partial charge in [-0.3, -0.25) is 19.2 Å². The van der Waals surface area contributed by atoms with Gasteiger partial charge in [0.05, 0.1) is 30.1 Å². The molecule has 0 aromatic heterocycles. The van der Waals surface area contributed by atoms with E-state index in [9.17, 15) is 24.3 Å². The first kappa shape index (κ1) is 60.1. The summed E-state index contributed by atoms with van der Waals surface area (Å²) in [5.41, 5.74) is -6.21. The number of amides is 1. The van der Waals surface area contributed by atoms with Gasteiger partial charge < -0.3 is 47.7 Å². The lowest BCUT2D eigenvalue weighted by atomic mass is 9.44. The number of aliphatic hydroxyl groups is 1. The lowest BCUT2D eigenvalue weighted by Gasteiger charge is -2.68. The average Bonchev–Trinajstić information content (AvgIpc) is 3.55. The topological polar surface area (TPSA) is 209 Å². The van der Waals surface area contributed by atoms with E-state index in [0.717, 1.165) is 0 Å². The van der Waals surface area contributed by atoms with Gasteiger partial charge in [0.2, 0.25) is 0 Å². The Hall–Kier alpha value is -5.51. The van der Waals surface area contributed by atoms with Crippen molar-refractivity contribution in [2.24, 2.45) is 16.7 Å². The molecule has 2 bridgehead atoms. The molecular formula is C60H81NO15Si2. The van der Waals surface area contributed by atoms with Crippen molar-refractivity contribution >= 4 is 52.2 Å². The summed E-state index contributed by atoms with van der Waals surface area (Å²) in [6.45, 7) is 20.5. The van der Waals surface area contributed by atoms with Crippen molar-refractivity contribution in [3.05, 3.63) is 113 Å². The molecule has 424 valence electrons. The van der Waals surface area contributed by atoms with Crippen molar-refractivity contribution in [1.82, 2.24) is 5.32 Å². The first-order valence-electron chi connectivity index (χ1n) is 27.8. The van der Waals surface area contributed by atoms with Crippen LogP contribution in [0.4, 0.5) is 0 Å². The minimum Gasteiger partial charge on any atom is -0.482 e. The monoisotopic (exact) mass is 1110 g/mol. The molecular weight excluding hydrogens is 1030 g/mol. The molecule has 0 radical (unpaired) electrons. The maximum Gasteiger partial charge on any atom is 0.344 e. The molecule has 16 nitrogen and oxygen atoms in total.